The van der Waals surface area contributed by atoms with Crippen molar-refractivity contribution >= 4 is 28.3 Å². The molecular formula is C20H20N6OS. The molecule has 0 aliphatic rings. The van der Waals surface area contributed by atoms with Gasteiger partial charge in [-0.05, 0) is 37.5 Å². The van der Waals surface area contributed by atoms with Crippen LogP contribution < -0.4 is 5.32 Å². The lowest BCUT2D eigenvalue weighted by Crippen LogP contribution is -2.24. The standard InChI is InChI=1S/C20H20N6OS/c27-20(23-12-18-21-10-5-11-22-18)16-13-28-19(26-16)9-4-3-8-17-24-14-6-1-2-7-15(14)25-17/h1-2,5-7,10-11,13H,3-4,8-9,12H2,(H,23,27)(H,24,25). The second kappa shape index (κ2) is 8.71. The lowest BCUT2D eigenvalue weighted by Gasteiger charge is -2.01. The zero-order chi connectivity index (χ0) is 19.2. The van der Waals surface area contributed by atoms with Crippen LogP contribution in [0, 0.1) is 0 Å². The molecule has 0 saturated heterocycles. The average Bonchev–Trinajstić information content (AvgIpc) is 3.37. The number of carbonyl (C=O) groups excluding carboxylic acids is 1. The fourth-order valence-corrected chi connectivity index (χ4v) is 3.71. The highest BCUT2D eigenvalue weighted by atomic mass is 32.1. The minimum Gasteiger partial charge on any atom is -0.343 e. The van der Waals surface area contributed by atoms with E-state index in [0.29, 0.717) is 18.1 Å². The van der Waals surface area contributed by atoms with Gasteiger partial charge in [0.15, 0.2) is 0 Å². The smallest absolute Gasteiger partial charge is 0.271 e. The van der Waals surface area contributed by atoms with Crippen molar-refractivity contribution < 1.29 is 4.79 Å². The number of aryl methyl sites for hydroxylation is 2. The molecule has 0 aliphatic heterocycles. The molecule has 8 heteroatoms. The fourth-order valence-electron chi connectivity index (χ4n) is 2.89. The summed E-state index contributed by atoms with van der Waals surface area (Å²) in [4.78, 5) is 32.8. The number of fused-ring (bicyclic) bond motifs is 1. The van der Waals surface area contributed by atoms with Gasteiger partial charge in [-0.15, -0.1) is 11.3 Å². The molecule has 3 aromatic heterocycles. The van der Waals surface area contributed by atoms with Crippen LogP contribution in [0.5, 0.6) is 0 Å². The third-order valence-electron chi connectivity index (χ3n) is 4.30. The van der Waals surface area contributed by atoms with Gasteiger partial charge >= 0.3 is 0 Å². The summed E-state index contributed by atoms with van der Waals surface area (Å²) in [7, 11) is 0. The van der Waals surface area contributed by atoms with Gasteiger partial charge in [0, 0.05) is 24.2 Å². The highest BCUT2D eigenvalue weighted by molar-refractivity contribution is 7.09. The van der Waals surface area contributed by atoms with Crippen LogP contribution in [0.3, 0.4) is 0 Å². The van der Waals surface area contributed by atoms with Gasteiger partial charge in [-0.2, -0.15) is 0 Å². The molecule has 0 atom stereocenters. The summed E-state index contributed by atoms with van der Waals surface area (Å²) in [6, 6.07) is 9.80. The van der Waals surface area contributed by atoms with Crippen LogP contribution in [0.25, 0.3) is 11.0 Å². The summed E-state index contributed by atoms with van der Waals surface area (Å²) in [5, 5.41) is 5.58. The van der Waals surface area contributed by atoms with Crippen LogP contribution in [0.4, 0.5) is 0 Å². The van der Waals surface area contributed by atoms with E-state index in [4.69, 9.17) is 0 Å². The molecule has 0 saturated carbocycles. The number of hydrogen-bond donors (Lipinski definition) is 2. The van der Waals surface area contributed by atoms with Gasteiger partial charge in [-0.25, -0.2) is 19.9 Å². The van der Waals surface area contributed by atoms with E-state index in [9.17, 15) is 4.79 Å². The van der Waals surface area contributed by atoms with E-state index in [0.717, 1.165) is 47.5 Å². The Morgan fingerprint density at radius 3 is 2.71 bits per heavy atom. The maximum Gasteiger partial charge on any atom is 0.271 e. The van der Waals surface area contributed by atoms with Crippen molar-refractivity contribution in [1.29, 1.82) is 0 Å². The highest BCUT2D eigenvalue weighted by Gasteiger charge is 2.11. The van der Waals surface area contributed by atoms with E-state index in [1.165, 1.54) is 11.3 Å². The van der Waals surface area contributed by atoms with Crippen LogP contribution in [-0.4, -0.2) is 30.8 Å². The predicted molar refractivity (Wildman–Crippen MR) is 108 cm³/mol. The maximum absolute atomic E-state index is 12.2. The third-order valence-corrected chi connectivity index (χ3v) is 5.21. The number of H-pyrrole nitrogens is 1. The summed E-state index contributed by atoms with van der Waals surface area (Å²) in [5.41, 5.74) is 2.54. The van der Waals surface area contributed by atoms with Crippen molar-refractivity contribution in [2.45, 2.75) is 32.2 Å². The maximum atomic E-state index is 12.2. The van der Waals surface area contributed by atoms with Crippen molar-refractivity contribution in [3.8, 4) is 0 Å². The number of thiazole rings is 1. The van der Waals surface area contributed by atoms with Crippen LogP contribution in [-0.2, 0) is 19.4 Å². The van der Waals surface area contributed by atoms with Crippen LogP contribution in [0.2, 0.25) is 0 Å². The molecule has 3 heterocycles. The normalized spacial score (nSPS) is 11.0. The van der Waals surface area contributed by atoms with Crippen molar-refractivity contribution in [2.75, 3.05) is 0 Å². The Bertz CT molecular complexity index is 1030. The van der Waals surface area contributed by atoms with Gasteiger partial charge in [-0.1, -0.05) is 12.1 Å². The lowest BCUT2D eigenvalue weighted by molar-refractivity contribution is 0.0945. The van der Waals surface area contributed by atoms with Gasteiger partial charge in [0.2, 0.25) is 0 Å². The summed E-state index contributed by atoms with van der Waals surface area (Å²) in [6.45, 7) is 0.296. The van der Waals surface area contributed by atoms with Crippen molar-refractivity contribution in [2.24, 2.45) is 0 Å². The zero-order valence-corrected chi connectivity index (χ0v) is 16.1. The SMILES string of the molecule is O=C(NCc1ncccn1)c1csc(CCCCc2nc3ccccc3[nH]2)n1. The number of carbonyl (C=O) groups is 1. The molecule has 7 nitrogen and oxygen atoms in total. The number of para-hydroxylation sites is 2. The quantitative estimate of drug-likeness (QED) is 0.449. The first-order chi connectivity index (χ1) is 13.8. The number of nitrogens with one attached hydrogen (secondary N) is 2. The number of imidazole rings is 1. The minimum absolute atomic E-state index is 0.197. The first-order valence-electron chi connectivity index (χ1n) is 9.20. The van der Waals surface area contributed by atoms with Crippen molar-refractivity contribution in [3.05, 3.63) is 70.5 Å². The van der Waals surface area contributed by atoms with Gasteiger partial charge < -0.3 is 10.3 Å². The summed E-state index contributed by atoms with van der Waals surface area (Å²) < 4.78 is 0. The molecule has 1 aromatic carbocycles. The second-order valence-corrected chi connectivity index (χ2v) is 7.32. The summed E-state index contributed by atoms with van der Waals surface area (Å²) in [5.74, 6) is 1.40. The Morgan fingerprint density at radius 2 is 1.86 bits per heavy atom. The monoisotopic (exact) mass is 392 g/mol. The Hall–Kier alpha value is -3.13. The summed E-state index contributed by atoms with van der Waals surface area (Å²) in [6.07, 6.45) is 7.10. The lowest BCUT2D eigenvalue weighted by atomic mass is 10.2. The molecule has 0 spiro atoms. The Kier molecular flexibility index (Phi) is 5.67. The molecule has 28 heavy (non-hydrogen) atoms. The number of aromatic nitrogens is 5. The van der Waals surface area contributed by atoms with Crippen molar-refractivity contribution in [3.63, 3.8) is 0 Å². The number of rotatable bonds is 8. The predicted octanol–water partition coefficient (Wildman–Crippen LogP) is 3.30. The molecule has 0 aliphatic carbocycles. The molecule has 0 radical (unpaired) electrons. The molecular weight excluding hydrogens is 372 g/mol. The third kappa shape index (κ3) is 4.58. The molecule has 4 rings (SSSR count). The molecule has 0 unspecified atom stereocenters. The Morgan fingerprint density at radius 1 is 1.04 bits per heavy atom. The van der Waals surface area contributed by atoms with Crippen LogP contribution in [0.15, 0.2) is 48.1 Å². The van der Waals surface area contributed by atoms with E-state index in [2.05, 4.69) is 30.2 Å². The van der Waals surface area contributed by atoms with Gasteiger partial charge in [0.1, 0.15) is 17.3 Å². The van der Waals surface area contributed by atoms with E-state index in [1.807, 2.05) is 24.3 Å². The molecule has 4 aromatic rings. The number of aromatic amines is 1. The first-order valence-corrected chi connectivity index (χ1v) is 10.1. The molecule has 142 valence electrons. The van der Waals surface area contributed by atoms with E-state index >= 15 is 0 Å². The summed E-state index contributed by atoms with van der Waals surface area (Å²) >= 11 is 1.52. The largest absolute Gasteiger partial charge is 0.343 e. The molecule has 0 fully saturated rings. The first kappa shape index (κ1) is 18.2. The highest BCUT2D eigenvalue weighted by Crippen LogP contribution is 2.15. The molecule has 1 amide bonds. The Balaban J connectivity index is 1.22. The molecule has 0 bridgehead atoms. The van der Waals surface area contributed by atoms with Crippen molar-refractivity contribution in [1.82, 2.24) is 30.2 Å². The van der Waals surface area contributed by atoms with E-state index in [-0.39, 0.29) is 5.91 Å². The minimum atomic E-state index is -0.197. The number of hydrogen-bond acceptors (Lipinski definition) is 6. The van der Waals surface area contributed by atoms with Gasteiger partial charge in [0.05, 0.1) is 22.6 Å². The van der Waals surface area contributed by atoms with Crippen LogP contribution in [0.1, 0.15) is 40.0 Å². The van der Waals surface area contributed by atoms with Gasteiger partial charge in [0.25, 0.3) is 5.91 Å². The van der Waals surface area contributed by atoms with Gasteiger partial charge in [-0.3, -0.25) is 4.79 Å². The Labute approximate surface area is 166 Å². The average molecular weight is 392 g/mol. The zero-order valence-electron chi connectivity index (χ0n) is 15.3. The molecule has 2 N–H and O–H groups in total. The number of unbranched alkanes of at least 4 members (excludes halogenated alkanes) is 1. The van der Waals surface area contributed by atoms with E-state index < -0.39 is 0 Å². The second-order valence-electron chi connectivity index (χ2n) is 6.38. The topological polar surface area (TPSA) is 96.5 Å². The van der Waals surface area contributed by atoms with E-state index in [1.54, 1.807) is 23.8 Å². The fraction of sp³-hybridized carbons (Fsp3) is 0.250. The number of benzene rings is 1. The van der Waals surface area contributed by atoms with Crippen LogP contribution >= 0.6 is 11.3 Å². The number of amides is 1. The number of nitrogens with zero attached hydrogens (tertiary/aromatic N) is 4.